The smallest absolute Gasteiger partial charge is 0.259 e. The molecule has 0 spiro atoms. The third-order valence-corrected chi connectivity index (χ3v) is 6.97. The van der Waals surface area contributed by atoms with Crippen LogP contribution in [0.2, 0.25) is 0 Å². The van der Waals surface area contributed by atoms with Crippen molar-refractivity contribution >= 4 is 40.8 Å². The van der Waals surface area contributed by atoms with Crippen molar-refractivity contribution in [2.75, 3.05) is 17.7 Å². The number of phenols is 1. The zero-order valence-corrected chi connectivity index (χ0v) is 25.0. The number of pyridine rings is 3. The Morgan fingerprint density at radius 3 is 2.29 bits per heavy atom. The van der Waals surface area contributed by atoms with Gasteiger partial charge < -0.3 is 21.3 Å². The van der Waals surface area contributed by atoms with Crippen molar-refractivity contribution in [3.8, 4) is 33.8 Å². The Bertz CT molecular complexity index is 2090. The lowest BCUT2D eigenvalue weighted by atomic mass is 9.92. The van der Waals surface area contributed by atoms with Gasteiger partial charge in [0.15, 0.2) is 22.8 Å². The van der Waals surface area contributed by atoms with Crippen LogP contribution in [-0.2, 0) is 4.79 Å². The molecule has 6 aromatic rings. The van der Waals surface area contributed by atoms with Gasteiger partial charge >= 0.3 is 0 Å². The molecular formula is C31H30N10O4. The van der Waals surface area contributed by atoms with Crippen molar-refractivity contribution in [1.29, 1.82) is 0 Å². The second-order valence-corrected chi connectivity index (χ2v) is 11.6. The molecule has 0 saturated carbocycles. The van der Waals surface area contributed by atoms with E-state index in [0.29, 0.717) is 28.3 Å². The summed E-state index contributed by atoms with van der Waals surface area (Å²) in [6.45, 7) is 5.81. The lowest BCUT2D eigenvalue weighted by Gasteiger charge is -2.21. The molecule has 228 valence electrons. The first-order valence-electron chi connectivity index (χ1n) is 13.9. The number of aromatic nitrogens is 7. The lowest BCUT2D eigenvalue weighted by Crippen LogP contribution is -2.31. The first kappa shape index (κ1) is 29.0. The van der Waals surface area contributed by atoms with E-state index in [-0.39, 0.29) is 46.6 Å². The zero-order valence-electron chi connectivity index (χ0n) is 25.0. The number of nitrogen functional groups attached to an aromatic ring is 1. The van der Waals surface area contributed by atoms with Crippen LogP contribution >= 0.6 is 0 Å². The van der Waals surface area contributed by atoms with Gasteiger partial charge in [0, 0.05) is 41.7 Å². The average molecular weight is 607 g/mol. The highest BCUT2D eigenvalue weighted by Crippen LogP contribution is 2.33. The highest BCUT2D eigenvalue weighted by Gasteiger charge is 2.30. The fraction of sp³-hybridized carbons (Fsp3) is 0.194. The SMILES string of the molecule is COc1cc(-c2ccc3nc(N(C(=O)CC(C)(C)C)c4nc5c(C(N)=O)cc(-c6ccc(N)nc6)cn5n4)nn3c2)ccc1O. The van der Waals surface area contributed by atoms with Crippen LogP contribution in [0.3, 0.4) is 0 Å². The Morgan fingerprint density at radius 2 is 1.60 bits per heavy atom. The predicted molar refractivity (Wildman–Crippen MR) is 167 cm³/mol. The molecule has 5 N–H and O–H groups in total. The quantitative estimate of drug-likeness (QED) is 0.239. The molecule has 5 heterocycles. The van der Waals surface area contributed by atoms with Gasteiger partial charge in [-0.15, -0.1) is 10.2 Å². The highest BCUT2D eigenvalue weighted by molar-refractivity contribution is 6.01. The van der Waals surface area contributed by atoms with Crippen molar-refractivity contribution in [3.63, 3.8) is 0 Å². The first-order chi connectivity index (χ1) is 21.4. The van der Waals surface area contributed by atoms with Gasteiger partial charge in [0.25, 0.3) is 17.8 Å². The maximum Gasteiger partial charge on any atom is 0.259 e. The standard InChI is InChI=1S/C31H30N10O4/c1-31(2,3)13-26(43)41(29-35-25-10-7-19(15-39(25)37-29)17-5-8-22(42)23(12-17)45-4)30-36-28-21(27(33)44)11-20(16-40(28)38-30)18-6-9-24(32)34-14-18/h5-12,14-16,42H,13H2,1-4H3,(H2,32,34)(H2,33,44). The summed E-state index contributed by atoms with van der Waals surface area (Å²) in [6, 6.07) is 13.6. The van der Waals surface area contributed by atoms with Gasteiger partial charge in [-0.05, 0) is 53.4 Å². The number of hydrogen-bond acceptors (Lipinski definition) is 10. The number of phenolic OH excluding ortho intramolecular Hbond substituents is 1. The second kappa shape index (κ2) is 10.9. The van der Waals surface area contributed by atoms with Gasteiger partial charge in [-0.3, -0.25) is 9.59 Å². The van der Waals surface area contributed by atoms with Crippen LogP contribution in [0.25, 0.3) is 33.5 Å². The van der Waals surface area contributed by atoms with Crippen LogP contribution in [0.4, 0.5) is 17.7 Å². The molecule has 0 aliphatic heterocycles. The number of benzene rings is 1. The molecule has 0 bridgehead atoms. The minimum Gasteiger partial charge on any atom is -0.504 e. The maximum absolute atomic E-state index is 13.8. The number of nitrogens with zero attached hydrogens (tertiary/aromatic N) is 8. The van der Waals surface area contributed by atoms with Crippen LogP contribution in [0.15, 0.2) is 67.1 Å². The summed E-state index contributed by atoms with van der Waals surface area (Å²) in [7, 11) is 1.48. The summed E-state index contributed by atoms with van der Waals surface area (Å²) < 4.78 is 8.18. The van der Waals surface area contributed by atoms with E-state index in [1.807, 2.05) is 26.8 Å². The molecule has 0 aliphatic rings. The fourth-order valence-corrected chi connectivity index (χ4v) is 4.82. The van der Waals surface area contributed by atoms with Crippen LogP contribution in [-0.4, -0.2) is 58.2 Å². The van der Waals surface area contributed by atoms with Gasteiger partial charge in [0.05, 0.1) is 12.7 Å². The summed E-state index contributed by atoms with van der Waals surface area (Å²) >= 11 is 0. The van der Waals surface area contributed by atoms with E-state index in [0.717, 1.165) is 11.1 Å². The molecule has 6 rings (SSSR count). The monoisotopic (exact) mass is 606 g/mol. The van der Waals surface area contributed by atoms with E-state index >= 15 is 0 Å². The van der Waals surface area contributed by atoms with E-state index in [9.17, 15) is 14.7 Å². The van der Waals surface area contributed by atoms with Crippen molar-refractivity contribution < 1.29 is 19.4 Å². The van der Waals surface area contributed by atoms with Crippen molar-refractivity contribution in [1.82, 2.24) is 34.2 Å². The van der Waals surface area contributed by atoms with Gasteiger partial charge in [-0.1, -0.05) is 26.8 Å². The van der Waals surface area contributed by atoms with Crippen LogP contribution < -0.4 is 21.1 Å². The van der Waals surface area contributed by atoms with E-state index in [2.05, 4.69) is 25.1 Å². The number of nitrogens with two attached hydrogens (primary N) is 2. The number of hydrogen-bond donors (Lipinski definition) is 3. The lowest BCUT2D eigenvalue weighted by molar-refractivity contribution is -0.119. The first-order valence-corrected chi connectivity index (χ1v) is 13.9. The molecule has 0 radical (unpaired) electrons. The molecule has 5 aromatic heterocycles. The number of amides is 2. The molecule has 14 nitrogen and oxygen atoms in total. The van der Waals surface area contributed by atoms with E-state index in [4.69, 9.17) is 16.2 Å². The van der Waals surface area contributed by atoms with Gasteiger partial charge in [0.2, 0.25) is 5.91 Å². The van der Waals surface area contributed by atoms with Crippen LogP contribution in [0, 0.1) is 5.41 Å². The van der Waals surface area contributed by atoms with Crippen LogP contribution in [0.5, 0.6) is 11.5 Å². The van der Waals surface area contributed by atoms with Crippen LogP contribution in [0.1, 0.15) is 37.6 Å². The normalized spacial score (nSPS) is 11.6. The number of carbonyl (C=O) groups excluding carboxylic acids is 2. The topological polar surface area (TPSA) is 192 Å². The molecule has 45 heavy (non-hydrogen) atoms. The Kier molecular flexibility index (Phi) is 7.03. The number of fused-ring (bicyclic) bond motifs is 2. The predicted octanol–water partition coefficient (Wildman–Crippen LogP) is 4.00. The van der Waals surface area contributed by atoms with Crippen molar-refractivity contribution in [2.24, 2.45) is 11.1 Å². The van der Waals surface area contributed by atoms with Gasteiger partial charge in [0.1, 0.15) is 5.82 Å². The van der Waals surface area contributed by atoms with Gasteiger partial charge in [-0.25, -0.2) is 18.9 Å². The van der Waals surface area contributed by atoms with Gasteiger partial charge in [-0.2, -0.15) is 9.97 Å². The average Bonchev–Trinajstić information content (AvgIpc) is 3.60. The number of aromatic hydroxyl groups is 1. The minimum atomic E-state index is -0.721. The Balaban J connectivity index is 1.48. The number of anilines is 3. The number of carbonyl (C=O) groups is 2. The second-order valence-electron chi connectivity index (χ2n) is 11.6. The number of primary amides is 1. The number of methoxy groups -OCH3 is 1. The fourth-order valence-electron chi connectivity index (χ4n) is 4.82. The van der Waals surface area contributed by atoms with E-state index < -0.39 is 5.91 Å². The highest BCUT2D eigenvalue weighted by atomic mass is 16.5. The Morgan fingerprint density at radius 1 is 0.911 bits per heavy atom. The molecule has 0 saturated heterocycles. The summed E-state index contributed by atoms with van der Waals surface area (Å²) in [6.07, 6.45) is 5.11. The van der Waals surface area contributed by atoms with Crippen molar-refractivity contribution in [2.45, 2.75) is 27.2 Å². The van der Waals surface area contributed by atoms with E-state index in [1.165, 1.54) is 21.0 Å². The number of ether oxygens (including phenoxy) is 1. The summed E-state index contributed by atoms with van der Waals surface area (Å²) in [4.78, 5) is 40.9. The third kappa shape index (κ3) is 5.68. The summed E-state index contributed by atoms with van der Waals surface area (Å²) in [5, 5.41) is 19.2. The molecule has 0 aliphatic carbocycles. The number of rotatable bonds is 7. The Hall–Kier alpha value is -6.05. The molecule has 14 heteroatoms. The molecule has 0 atom stereocenters. The van der Waals surface area contributed by atoms with E-state index in [1.54, 1.807) is 61.1 Å². The molecule has 0 unspecified atom stereocenters. The largest absolute Gasteiger partial charge is 0.504 e. The molecule has 2 amide bonds. The summed E-state index contributed by atoms with van der Waals surface area (Å²) in [5.74, 6) is -0.351. The molecule has 0 fully saturated rings. The zero-order chi connectivity index (χ0) is 32.0. The third-order valence-electron chi connectivity index (χ3n) is 6.97. The summed E-state index contributed by atoms with van der Waals surface area (Å²) in [5.41, 5.74) is 14.6. The molecular weight excluding hydrogens is 576 g/mol. The minimum absolute atomic E-state index is 0.0232. The molecule has 1 aromatic carbocycles. The van der Waals surface area contributed by atoms with Crippen molar-refractivity contribution in [3.05, 3.63) is 72.7 Å². The Labute approximate surface area is 256 Å². The maximum atomic E-state index is 13.8.